The first kappa shape index (κ1) is 14.6. The van der Waals surface area contributed by atoms with Crippen molar-refractivity contribution in [1.82, 2.24) is 0 Å². The Hall–Kier alpha value is -2.34. The van der Waals surface area contributed by atoms with Crippen molar-refractivity contribution in [2.24, 2.45) is 5.73 Å². The summed E-state index contributed by atoms with van der Waals surface area (Å²) in [7, 11) is 0. The molecule has 0 saturated carbocycles. The summed E-state index contributed by atoms with van der Waals surface area (Å²) in [5.41, 5.74) is 7.06. The number of nitrogens with zero attached hydrogens (tertiary/aromatic N) is 1. The Morgan fingerprint density at radius 1 is 1.05 bits per heavy atom. The first-order valence-corrected chi connectivity index (χ1v) is 8.02. The summed E-state index contributed by atoms with van der Waals surface area (Å²) in [6, 6.07) is 11.0. The van der Waals surface area contributed by atoms with E-state index in [1.165, 1.54) is 12.8 Å². The lowest BCUT2D eigenvalue weighted by Gasteiger charge is -2.21. The van der Waals surface area contributed by atoms with Gasteiger partial charge in [0, 0.05) is 13.1 Å². The van der Waals surface area contributed by atoms with E-state index in [-0.39, 0.29) is 5.91 Å². The molecule has 114 valence electrons. The Morgan fingerprint density at radius 3 is 2.41 bits per heavy atom. The van der Waals surface area contributed by atoms with Crippen LogP contribution >= 0.6 is 11.3 Å². The van der Waals surface area contributed by atoms with Gasteiger partial charge in [0.2, 0.25) is 0 Å². The molecule has 3 rings (SSSR count). The number of hydrogen-bond donors (Lipinski definition) is 2. The minimum absolute atomic E-state index is 0.218. The van der Waals surface area contributed by atoms with Crippen LogP contribution in [-0.4, -0.2) is 24.9 Å². The Bertz CT molecular complexity index is 705. The van der Waals surface area contributed by atoms with E-state index in [4.69, 9.17) is 5.73 Å². The fourth-order valence-corrected chi connectivity index (χ4v) is 3.34. The van der Waals surface area contributed by atoms with Gasteiger partial charge in [0.25, 0.3) is 11.8 Å². The number of hydrogen-bond acceptors (Lipinski definition) is 4. The fraction of sp³-hybridized carbons (Fsp3) is 0.250. The summed E-state index contributed by atoms with van der Waals surface area (Å²) >= 11 is 1.11. The largest absolute Gasteiger partial charge is 0.370 e. The van der Waals surface area contributed by atoms with Crippen molar-refractivity contribution >= 4 is 34.5 Å². The van der Waals surface area contributed by atoms with Crippen LogP contribution in [0.2, 0.25) is 0 Å². The van der Waals surface area contributed by atoms with Crippen LogP contribution in [-0.2, 0) is 0 Å². The number of anilines is 2. The van der Waals surface area contributed by atoms with Crippen molar-refractivity contribution in [3.63, 3.8) is 0 Å². The number of benzene rings is 1. The van der Waals surface area contributed by atoms with Gasteiger partial charge >= 0.3 is 0 Å². The van der Waals surface area contributed by atoms with Crippen molar-refractivity contribution in [1.29, 1.82) is 0 Å². The van der Waals surface area contributed by atoms with Gasteiger partial charge in [-0.15, -0.1) is 11.3 Å². The van der Waals surface area contributed by atoms with Gasteiger partial charge in [0.15, 0.2) is 0 Å². The molecule has 2 amide bonds. The van der Waals surface area contributed by atoms with E-state index >= 15 is 0 Å². The number of rotatable bonds is 4. The van der Waals surface area contributed by atoms with E-state index in [0.717, 1.165) is 35.8 Å². The molecule has 2 aromatic rings. The molecule has 0 atom stereocenters. The highest BCUT2D eigenvalue weighted by molar-refractivity contribution is 7.16. The summed E-state index contributed by atoms with van der Waals surface area (Å²) in [4.78, 5) is 26.6. The normalized spacial score (nSPS) is 14.1. The number of para-hydroxylation sites is 2. The number of amides is 2. The minimum Gasteiger partial charge on any atom is -0.370 e. The summed E-state index contributed by atoms with van der Waals surface area (Å²) in [5, 5.41) is 2.93. The topological polar surface area (TPSA) is 75.4 Å². The average molecular weight is 315 g/mol. The number of carbonyl (C=O) groups excluding carboxylic acids is 2. The van der Waals surface area contributed by atoms with Crippen LogP contribution in [0.4, 0.5) is 11.4 Å². The number of nitrogens with one attached hydrogen (secondary N) is 1. The van der Waals surface area contributed by atoms with Crippen LogP contribution in [0.1, 0.15) is 32.2 Å². The van der Waals surface area contributed by atoms with Gasteiger partial charge in [0.05, 0.1) is 21.1 Å². The van der Waals surface area contributed by atoms with Crippen LogP contribution in [0.25, 0.3) is 0 Å². The van der Waals surface area contributed by atoms with Gasteiger partial charge < -0.3 is 16.0 Å². The molecule has 1 aromatic heterocycles. The van der Waals surface area contributed by atoms with Gasteiger partial charge in [-0.05, 0) is 37.1 Å². The maximum absolute atomic E-state index is 12.3. The zero-order valence-corrected chi connectivity index (χ0v) is 12.9. The maximum Gasteiger partial charge on any atom is 0.265 e. The Kier molecular flexibility index (Phi) is 4.11. The number of primary amides is 1. The molecule has 5 nitrogen and oxygen atoms in total. The summed E-state index contributed by atoms with van der Waals surface area (Å²) in [6.45, 7) is 2.02. The fourth-order valence-electron chi connectivity index (χ4n) is 2.59. The third kappa shape index (κ3) is 2.96. The second-order valence-corrected chi connectivity index (χ2v) is 6.28. The van der Waals surface area contributed by atoms with E-state index < -0.39 is 5.91 Å². The molecule has 2 heterocycles. The summed E-state index contributed by atoms with van der Waals surface area (Å²) < 4.78 is 0. The summed E-state index contributed by atoms with van der Waals surface area (Å²) in [6.07, 6.45) is 2.35. The second kappa shape index (κ2) is 6.19. The molecule has 0 radical (unpaired) electrons. The highest BCUT2D eigenvalue weighted by atomic mass is 32.1. The van der Waals surface area contributed by atoms with E-state index in [9.17, 15) is 9.59 Å². The molecule has 0 unspecified atom stereocenters. The van der Waals surface area contributed by atoms with Crippen molar-refractivity contribution in [2.45, 2.75) is 12.8 Å². The third-order valence-electron chi connectivity index (χ3n) is 3.67. The molecule has 1 aliphatic heterocycles. The molecule has 0 aliphatic carbocycles. The number of carbonyl (C=O) groups is 2. The second-order valence-electron chi connectivity index (χ2n) is 5.19. The first-order chi connectivity index (χ1) is 10.6. The standard InChI is InChI=1S/C16H17N3O2S/c17-15(20)13-7-8-14(22-13)16(21)18-11-5-1-2-6-12(11)19-9-3-4-10-19/h1-2,5-8H,3-4,9-10H2,(H2,17,20)(H,18,21). The Balaban J connectivity index is 1.80. The monoisotopic (exact) mass is 315 g/mol. The number of thiophene rings is 1. The molecule has 22 heavy (non-hydrogen) atoms. The van der Waals surface area contributed by atoms with Crippen LogP contribution in [0, 0.1) is 0 Å². The van der Waals surface area contributed by atoms with E-state index in [1.54, 1.807) is 12.1 Å². The smallest absolute Gasteiger partial charge is 0.265 e. The SMILES string of the molecule is NC(=O)c1ccc(C(=O)Nc2ccccc2N2CCCC2)s1. The molecule has 1 fully saturated rings. The highest BCUT2D eigenvalue weighted by Gasteiger charge is 2.18. The molecule has 3 N–H and O–H groups in total. The van der Waals surface area contributed by atoms with Crippen molar-refractivity contribution in [3.05, 3.63) is 46.2 Å². The summed E-state index contributed by atoms with van der Waals surface area (Å²) in [5.74, 6) is -0.731. The van der Waals surface area contributed by atoms with Gasteiger partial charge in [0.1, 0.15) is 0 Å². The van der Waals surface area contributed by atoms with Crippen LogP contribution in [0.5, 0.6) is 0 Å². The maximum atomic E-state index is 12.3. The van der Waals surface area contributed by atoms with Gasteiger partial charge in [-0.1, -0.05) is 12.1 Å². The van der Waals surface area contributed by atoms with Crippen LogP contribution in [0.15, 0.2) is 36.4 Å². The molecule has 1 aromatic carbocycles. The predicted octanol–water partition coefficient (Wildman–Crippen LogP) is 2.70. The van der Waals surface area contributed by atoms with Gasteiger partial charge in [-0.25, -0.2) is 0 Å². The lowest BCUT2D eigenvalue weighted by molar-refractivity contribution is 0.100. The quantitative estimate of drug-likeness (QED) is 0.911. The van der Waals surface area contributed by atoms with E-state index in [0.29, 0.717) is 9.75 Å². The Labute approximate surface area is 132 Å². The predicted molar refractivity (Wildman–Crippen MR) is 88.7 cm³/mol. The molecule has 1 saturated heterocycles. The lowest BCUT2D eigenvalue weighted by Crippen LogP contribution is -2.20. The van der Waals surface area contributed by atoms with Crippen LogP contribution in [0.3, 0.4) is 0 Å². The Morgan fingerprint density at radius 2 is 1.73 bits per heavy atom. The van der Waals surface area contributed by atoms with Gasteiger partial charge in [-0.3, -0.25) is 9.59 Å². The number of nitrogens with two attached hydrogens (primary N) is 1. The van der Waals surface area contributed by atoms with Gasteiger partial charge in [-0.2, -0.15) is 0 Å². The molecule has 1 aliphatic rings. The highest BCUT2D eigenvalue weighted by Crippen LogP contribution is 2.29. The van der Waals surface area contributed by atoms with E-state index in [1.807, 2.05) is 24.3 Å². The molecule has 0 spiro atoms. The van der Waals surface area contributed by atoms with Crippen molar-refractivity contribution < 1.29 is 9.59 Å². The average Bonchev–Trinajstić information content (AvgIpc) is 3.19. The lowest BCUT2D eigenvalue weighted by atomic mass is 10.2. The molecule has 0 bridgehead atoms. The first-order valence-electron chi connectivity index (χ1n) is 7.20. The third-order valence-corrected chi connectivity index (χ3v) is 4.77. The molecular weight excluding hydrogens is 298 g/mol. The zero-order valence-electron chi connectivity index (χ0n) is 12.0. The van der Waals surface area contributed by atoms with Crippen LogP contribution < -0.4 is 16.0 Å². The van der Waals surface area contributed by atoms with E-state index in [2.05, 4.69) is 10.2 Å². The van der Waals surface area contributed by atoms with Crippen molar-refractivity contribution in [3.8, 4) is 0 Å². The molecular formula is C16H17N3O2S. The van der Waals surface area contributed by atoms with Crippen molar-refractivity contribution in [2.75, 3.05) is 23.3 Å². The minimum atomic E-state index is -0.512. The zero-order chi connectivity index (χ0) is 15.5. The molecule has 6 heteroatoms.